The van der Waals surface area contributed by atoms with Gasteiger partial charge in [-0.3, -0.25) is 0 Å². The van der Waals surface area contributed by atoms with Crippen LogP contribution in [0, 0.1) is 0 Å². The Kier molecular flexibility index (Phi) is 9.42. The van der Waals surface area contributed by atoms with Gasteiger partial charge < -0.3 is 15.4 Å². The minimum atomic E-state index is -3.17. The smallest absolute Gasteiger partial charge is 0.216 e. The molecule has 0 amide bonds. The Morgan fingerprint density at radius 2 is 1.90 bits per heavy atom. The largest absolute Gasteiger partial charge is 0.381 e. The average Bonchev–Trinajstić information content (AvgIpc) is 2.70. The molecule has 2 N–H and O–H groups in total. The molecule has 0 spiro atoms. The Balaban J connectivity index is 2.34. The molecular weight excluding hydrogens is 290 g/mol. The second-order valence-electron chi connectivity index (χ2n) is 5.46. The van der Waals surface area contributed by atoms with Crippen LogP contribution in [0.5, 0.6) is 0 Å². The van der Waals surface area contributed by atoms with Gasteiger partial charge >= 0.3 is 0 Å². The summed E-state index contributed by atoms with van der Waals surface area (Å²) in [6, 6.07) is 0. The molecule has 0 radical (unpaired) electrons. The van der Waals surface area contributed by atoms with E-state index in [0.717, 1.165) is 51.9 Å². The zero-order valence-electron chi connectivity index (χ0n) is 13.3. The molecule has 0 aromatic heterocycles. The van der Waals surface area contributed by atoms with Crippen LogP contribution in [0.1, 0.15) is 32.6 Å². The summed E-state index contributed by atoms with van der Waals surface area (Å²) < 4.78 is 31.3. The SMILES string of the molecule is CCOCCS(=O)(=O)N1CCCN(CCCCCN)CC1. The Morgan fingerprint density at radius 3 is 2.62 bits per heavy atom. The van der Waals surface area contributed by atoms with Gasteiger partial charge in [-0.25, -0.2) is 12.7 Å². The van der Waals surface area contributed by atoms with Gasteiger partial charge in [0.25, 0.3) is 0 Å². The first-order chi connectivity index (χ1) is 10.1. The van der Waals surface area contributed by atoms with Crippen molar-refractivity contribution in [3.63, 3.8) is 0 Å². The van der Waals surface area contributed by atoms with Gasteiger partial charge in [0.05, 0.1) is 12.4 Å². The van der Waals surface area contributed by atoms with E-state index in [1.54, 1.807) is 4.31 Å². The van der Waals surface area contributed by atoms with Crippen molar-refractivity contribution in [3.05, 3.63) is 0 Å². The molecule has 1 rings (SSSR count). The van der Waals surface area contributed by atoms with Crippen molar-refractivity contribution in [2.75, 3.05) is 58.2 Å². The van der Waals surface area contributed by atoms with E-state index in [1.165, 1.54) is 0 Å². The second-order valence-corrected chi connectivity index (χ2v) is 7.54. The predicted molar refractivity (Wildman–Crippen MR) is 85.8 cm³/mol. The first kappa shape index (κ1) is 18.8. The van der Waals surface area contributed by atoms with Crippen molar-refractivity contribution >= 4 is 10.0 Å². The summed E-state index contributed by atoms with van der Waals surface area (Å²) in [6.07, 6.45) is 4.29. The predicted octanol–water partition coefficient (Wildman–Crippen LogP) is 0.489. The molecule has 21 heavy (non-hydrogen) atoms. The number of nitrogens with two attached hydrogens (primary N) is 1. The monoisotopic (exact) mass is 321 g/mol. The molecule has 1 heterocycles. The van der Waals surface area contributed by atoms with Crippen LogP contribution < -0.4 is 5.73 Å². The summed E-state index contributed by atoms with van der Waals surface area (Å²) in [4.78, 5) is 2.37. The highest BCUT2D eigenvalue weighted by Crippen LogP contribution is 2.10. The van der Waals surface area contributed by atoms with E-state index in [1.807, 2.05) is 6.92 Å². The Morgan fingerprint density at radius 1 is 1.10 bits per heavy atom. The molecular formula is C14H31N3O3S. The molecule has 1 fully saturated rings. The fourth-order valence-electron chi connectivity index (χ4n) is 2.54. The summed E-state index contributed by atoms with van der Waals surface area (Å²) >= 11 is 0. The summed E-state index contributed by atoms with van der Waals surface area (Å²) in [6.45, 7) is 7.58. The number of hydrogen-bond acceptors (Lipinski definition) is 5. The first-order valence-corrected chi connectivity index (χ1v) is 9.69. The van der Waals surface area contributed by atoms with Crippen LogP contribution in [-0.4, -0.2) is 75.9 Å². The van der Waals surface area contributed by atoms with Gasteiger partial charge in [0.2, 0.25) is 10.0 Å². The molecule has 1 aliphatic rings. The Bertz CT molecular complexity index is 362. The molecule has 0 aromatic rings. The van der Waals surface area contributed by atoms with E-state index in [0.29, 0.717) is 19.7 Å². The molecule has 1 aliphatic heterocycles. The lowest BCUT2D eigenvalue weighted by Gasteiger charge is -2.21. The lowest BCUT2D eigenvalue weighted by atomic mass is 10.2. The van der Waals surface area contributed by atoms with Crippen LogP contribution >= 0.6 is 0 Å². The van der Waals surface area contributed by atoms with Crippen molar-refractivity contribution < 1.29 is 13.2 Å². The average molecular weight is 321 g/mol. The molecule has 126 valence electrons. The third kappa shape index (κ3) is 7.56. The maximum atomic E-state index is 12.2. The highest BCUT2D eigenvalue weighted by atomic mass is 32.2. The molecule has 0 atom stereocenters. The molecule has 0 unspecified atom stereocenters. The molecule has 0 bridgehead atoms. The van der Waals surface area contributed by atoms with Gasteiger partial charge in [-0.05, 0) is 45.8 Å². The Labute approximate surface area is 129 Å². The highest BCUT2D eigenvalue weighted by molar-refractivity contribution is 7.89. The lowest BCUT2D eigenvalue weighted by Crippen LogP contribution is -2.37. The van der Waals surface area contributed by atoms with E-state index >= 15 is 0 Å². The van der Waals surface area contributed by atoms with Crippen molar-refractivity contribution in [2.45, 2.75) is 32.6 Å². The van der Waals surface area contributed by atoms with Crippen LogP contribution in [0.3, 0.4) is 0 Å². The molecule has 0 aliphatic carbocycles. The van der Waals surface area contributed by atoms with Gasteiger partial charge in [0, 0.05) is 26.2 Å². The van der Waals surface area contributed by atoms with Crippen molar-refractivity contribution in [2.24, 2.45) is 5.73 Å². The highest BCUT2D eigenvalue weighted by Gasteiger charge is 2.24. The summed E-state index contributed by atoms with van der Waals surface area (Å²) in [5.74, 6) is 0.0946. The number of ether oxygens (including phenoxy) is 1. The second kappa shape index (κ2) is 10.5. The quantitative estimate of drug-likeness (QED) is 0.593. The molecule has 7 heteroatoms. The van der Waals surface area contributed by atoms with E-state index < -0.39 is 10.0 Å². The fraction of sp³-hybridized carbons (Fsp3) is 1.00. The van der Waals surface area contributed by atoms with Gasteiger partial charge in [-0.15, -0.1) is 0 Å². The molecule has 0 aromatic carbocycles. The fourth-order valence-corrected chi connectivity index (χ4v) is 3.90. The topological polar surface area (TPSA) is 75.9 Å². The van der Waals surface area contributed by atoms with Gasteiger partial charge in [-0.2, -0.15) is 0 Å². The summed E-state index contributed by atoms with van der Waals surface area (Å²) in [5, 5.41) is 0. The zero-order chi connectivity index (χ0) is 15.6. The standard InChI is InChI=1S/C14H31N3O3S/c1-2-20-13-14-21(18,19)17-10-6-9-16(11-12-17)8-5-3-4-7-15/h2-15H2,1H3. The molecule has 0 saturated carbocycles. The van der Waals surface area contributed by atoms with Crippen molar-refractivity contribution in [3.8, 4) is 0 Å². The van der Waals surface area contributed by atoms with E-state index in [-0.39, 0.29) is 12.4 Å². The zero-order valence-corrected chi connectivity index (χ0v) is 14.1. The van der Waals surface area contributed by atoms with E-state index in [9.17, 15) is 8.42 Å². The minimum absolute atomic E-state index is 0.0946. The molecule has 6 nitrogen and oxygen atoms in total. The maximum absolute atomic E-state index is 12.2. The summed E-state index contributed by atoms with van der Waals surface area (Å²) in [7, 11) is -3.17. The number of hydrogen-bond donors (Lipinski definition) is 1. The number of nitrogens with zero attached hydrogens (tertiary/aromatic N) is 2. The van der Waals surface area contributed by atoms with Crippen molar-refractivity contribution in [1.29, 1.82) is 0 Å². The lowest BCUT2D eigenvalue weighted by molar-refractivity contribution is 0.162. The number of rotatable bonds is 10. The maximum Gasteiger partial charge on any atom is 0.216 e. The third-order valence-electron chi connectivity index (χ3n) is 3.81. The third-order valence-corrected chi connectivity index (χ3v) is 5.64. The first-order valence-electron chi connectivity index (χ1n) is 8.08. The normalized spacial score (nSPS) is 18.8. The molecule has 1 saturated heterocycles. The summed E-state index contributed by atoms with van der Waals surface area (Å²) in [5.41, 5.74) is 5.49. The van der Waals surface area contributed by atoms with Crippen LogP contribution in [-0.2, 0) is 14.8 Å². The van der Waals surface area contributed by atoms with Crippen molar-refractivity contribution in [1.82, 2.24) is 9.21 Å². The van der Waals surface area contributed by atoms with Crippen LogP contribution in [0.4, 0.5) is 0 Å². The van der Waals surface area contributed by atoms with E-state index in [2.05, 4.69) is 4.90 Å². The Hall–Kier alpha value is -0.210. The van der Waals surface area contributed by atoms with Gasteiger partial charge in [-0.1, -0.05) is 6.42 Å². The van der Waals surface area contributed by atoms with Gasteiger partial charge in [0.1, 0.15) is 0 Å². The van der Waals surface area contributed by atoms with Crippen LogP contribution in [0.15, 0.2) is 0 Å². The van der Waals surface area contributed by atoms with Gasteiger partial charge in [0.15, 0.2) is 0 Å². The van der Waals surface area contributed by atoms with E-state index in [4.69, 9.17) is 10.5 Å². The number of sulfonamides is 1. The van der Waals surface area contributed by atoms with Crippen LogP contribution in [0.25, 0.3) is 0 Å². The number of unbranched alkanes of at least 4 members (excludes halogenated alkanes) is 2. The van der Waals surface area contributed by atoms with Crippen LogP contribution in [0.2, 0.25) is 0 Å². The minimum Gasteiger partial charge on any atom is -0.381 e.